The van der Waals surface area contributed by atoms with Gasteiger partial charge in [-0.15, -0.1) is 0 Å². The van der Waals surface area contributed by atoms with Gasteiger partial charge in [0.05, 0.1) is 0 Å². The van der Waals surface area contributed by atoms with Gasteiger partial charge in [0.25, 0.3) is 5.56 Å². The van der Waals surface area contributed by atoms with Crippen LogP contribution >= 0.6 is 0 Å². The first kappa shape index (κ1) is 20.3. The summed E-state index contributed by atoms with van der Waals surface area (Å²) in [7, 11) is 0. The normalized spacial score (nSPS) is 28.2. The third-order valence-corrected chi connectivity index (χ3v) is 4.46. The van der Waals surface area contributed by atoms with Crippen molar-refractivity contribution in [2.45, 2.75) is 70.1 Å². The minimum Gasteiger partial charge on any atom is -0.463 e. The number of alkyl halides is 1. The maximum Gasteiger partial charge on any atom is 0.330 e. The van der Waals surface area contributed by atoms with Gasteiger partial charge in [0.2, 0.25) is 0 Å². The van der Waals surface area contributed by atoms with Crippen molar-refractivity contribution < 1.29 is 23.8 Å². The Morgan fingerprint density at radius 1 is 1.42 bits per heavy atom. The first-order valence-electron chi connectivity index (χ1n) is 8.77. The van der Waals surface area contributed by atoms with Gasteiger partial charge >= 0.3 is 11.7 Å². The van der Waals surface area contributed by atoms with Gasteiger partial charge in [-0.1, -0.05) is 26.2 Å². The Hall–Kier alpha value is -2.00. The molecule has 1 aromatic heterocycles. The highest BCUT2D eigenvalue weighted by Gasteiger charge is 2.55. The standard InChI is InChI=1S/C17H25FN2O6/c1-3-4-5-6-7-13(22)25-10-11-14(23)17(2,18)15(26-11)20-9-8-12(21)19-16(20)24/h8-9,11,14-15,23H,3-7,10H2,1-2H3,(H,19,21,24)/t11-,14-,15-,17-/m1/s1. The van der Waals surface area contributed by atoms with E-state index in [1.54, 1.807) is 0 Å². The molecule has 0 aromatic carbocycles. The average molecular weight is 372 g/mol. The Balaban J connectivity index is 1.98. The van der Waals surface area contributed by atoms with Crippen LogP contribution in [-0.2, 0) is 14.3 Å². The second-order valence-electron chi connectivity index (χ2n) is 6.63. The fraction of sp³-hybridized carbons (Fsp3) is 0.706. The highest BCUT2D eigenvalue weighted by Crippen LogP contribution is 2.40. The van der Waals surface area contributed by atoms with Gasteiger partial charge in [-0.3, -0.25) is 19.1 Å². The van der Waals surface area contributed by atoms with Gasteiger partial charge in [-0.05, 0) is 13.3 Å². The molecule has 0 radical (unpaired) electrons. The highest BCUT2D eigenvalue weighted by molar-refractivity contribution is 5.69. The van der Waals surface area contributed by atoms with Crippen LogP contribution in [0.2, 0.25) is 0 Å². The maximum absolute atomic E-state index is 14.9. The first-order valence-corrected chi connectivity index (χ1v) is 8.77. The molecule has 0 bridgehead atoms. The average Bonchev–Trinajstić information content (AvgIpc) is 2.80. The zero-order valence-corrected chi connectivity index (χ0v) is 14.9. The quantitative estimate of drug-likeness (QED) is 0.521. The molecule has 1 saturated heterocycles. The molecule has 26 heavy (non-hydrogen) atoms. The van der Waals surface area contributed by atoms with Gasteiger partial charge in [0.1, 0.15) is 18.8 Å². The van der Waals surface area contributed by atoms with Crippen molar-refractivity contribution in [2.75, 3.05) is 6.61 Å². The van der Waals surface area contributed by atoms with Crippen molar-refractivity contribution >= 4 is 5.97 Å². The molecule has 9 heteroatoms. The number of aromatic amines is 1. The van der Waals surface area contributed by atoms with Crippen molar-refractivity contribution in [1.29, 1.82) is 0 Å². The lowest BCUT2D eigenvalue weighted by Gasteiger charge is -2.24. The van der Waals surface area contributed by atoms with Crippen LogP contribution in [0.1, 0.15) is 52.2 Å². The number of rotatable bonds is 8. The van der Waals surface area contributed by atoms with E-state index in [1.807, 2.05) is 4.98 Å². The number of unbranched alkanes of at least 4 members (excludes halogenated alkanes) is 3. The summed E-state index contributed by atoms with van der Waals surface area (Å²) in [6, 6.07) is 1.05. The number of hydrogen-bond donors (Lipinski definition) is 2. The monoisotopic (exact) mass is 372 g/mol. The number of H-pyrrole nitrogens is 1. The lowest BCUT2D eigenvalue weighted by molar-refractivity contribution is -0.150. The van der Waals surface area contributed by atoms with E-state index in [0.717, 1.165) is 43.0 Å². The number of nitrogens with zero attached hydrogens (tertiary/aromatic N) is 1. The first-order chi connectivity index (χ1) is 12.3. The van der Waals surface area contributed by atoms with E-state index in [4.69, 9.17) is 9.47 Å². The molecule has 0 saturated carbocycles. The van der Waals surface area contributed by atoms with Crippen molar-refractivity contribution in [1.82, 2.24) is 9.55 Å². The molecule has 0 aliphatic carbocycles. The molecule has 2 rings (SSSR count). The molecule has 2 N–H and O–H groups in total. The van der Waals surface area contributed by atoms with Crippen LogP contribution in [0.3, 0.4) is 0 Å². The number of hydrogen-bond acceptors (Lipinski definition) is 6. The SMILES string of the molecule is CCCCCCC(=O)OC[C@H]1O[C@@H](n2ccc(=O)[nH]c2=O)[C@](C)(F)[C@@H]1O. The molecule has 0 amide bonds. The lowest BCUT2D eigenvalue weighted by Crippen LogP contribution is -2.43. The number of aromatic nitrogens is 2. The molecule has 146 valence electrons. The summed E-state index contributed by atoms with van der Waals surface area (Å²) < 4.78 is 26.3. The van der Waals surface area contributed by atoms with E-state index in [2.05, 4.69) is 6.92 Å². The smallest absolute Gasteiger partial charge is 0.330 e. The van der Waals surface area contributed by atoms with E-state index in [9.17, 15) is 23.9 Å². The van der Waals surface area contributed by atoms with E-state index in [0.29, 0.717) is 6.42 Å². The molecule has 1 aliphatic heterocycles. The Labute approximate surface area is 149 Å². The molecular weight excluding hydrogens is 347 g/mol. The molecule has 1 fully saturated rings. The molecule has 8 nitrogen and oxygen atoms in total. The summed E-state index contributed by atoms with van der Waals surface area (Å²) in [6.07, 6.45) is 0.899. The predicted molar refractivity (Wildman–Crippen MR) is 90.5 cm³/mol. The van der Waals surface area contributed by atoms with Gasteiger partial charge in [-0.25, -0.2) is 9.18 Å². The van der Waals surface area contributed by atoms with Gasteiger partial charge in [0, 0.05) is 18.7 Å². The van der Waals surface area contributed by atoms with E-state index in [1.165, 1.54) is 0 Å². The molecule has 0 unspecified atom stereocenters. The number of aliphatic hydroxyl groups excluding tert-OH is 1. The summed E-state index contributed by atoms with van der Waals surface area (Å²) in [5, 5.41) is 10.2. The van der Waals surface area contributed by atoms with Crippen molar-refractivity contribution in [3.8, 4) is 0 Å². The Morgan fingerprint density at radius 3 is 2.81 bits per heavy atom. The molecule has 1 aliphatic rings. The second-order valence-corrected chi connectivity index (χ2v) is 6.63. The molecular formula is C17H25FN2O6. The number of esters is 1. The lowest BCUT2D eigenvalue weighted by atomic mass is 9.98. The summed E-state index contributed by atoms with van der Waals surface area (Å²) in [4.78, 5) is 36.7. The Morgan fingerprint density at radius 2 is 2.15 bits per heavy atom. The van der Waals surface area contributed by atoms with Crippen LogP contribution in [0.25, 0.3) is 0 Å². The van der Waals surface area contributed by atoms with Gasteiger partial charge < -0.3 is 14.6 Å². The topological polar surface area (TPSA) is 111 Å². The number of ether oxygens (including phenoxy) is 2. The number of aliphatic hydroxyl groups is 1. The van der Waals surface area contributed by atoms with Crippen LogP contribution in [0.15, 0.2) is 21.9 Å². The largest absolute Gasteiger partial charge is 0.463 e. The molecule has 2 heterocycles. The number of halogens is 1. The van der Waals surface area contributed by atoms with Crippen LogP contribution in [0.4, 0.5) is 4.39 Å². The third kappa shape index (κ3) is 4.59. The fourth-order valence-electron chi connectivity index (χ4n) is 2.91. The van der Waals surface area contributed by atoms with E-state index >= 15 is 0 Å². The molecule has 1 aromatic rings. The fourth-order valence-corrected chi connectivity index (χ4v) is 2.91. The molecule has 4 atom stereocenters. The van der Waals surface area contributed by atoms with Crippen LogP contribution < -0.4 is 11.2 Å². The Kier molecular flexibility index (Phi) is 6.71. The van der Waals surface area contributed by atoms with Crippen LogP contribution in [0, 0.1) is 0 Å². The van der Waals surface area contributed by atoms with Crippen LogP contribution in [-0.4, -0.2) is 45.1 Å². The third-order valence-electron chi connectivity index (χ3n) is 4.46. The van der Waals surface area contributed by atoms with E-state index < -0.39 is 41.3 Å². The van der Waals surface area contributed by atoms with Crippen molar-refractivity contribution in [3.63, 3.8) is 0 Å². The maximum atomic E-state index is 14.9. The Bertz CT molecular complexity index is 728. The second kappa shape index (κ2) is 8.59. The summed E-state index contributed by atoms with van der Waals surface area (Å²) >= 11 is 0. The minimum atomic E-state index is -2.31. The number of carbonyl (C=O) groups is 1. The number of carbonyl (C=O) groups excluding carboxylic acids is 1. The highest BCUT2D eigenvalue weighted by atomic mass is 19.1. The minimum absolute atomic E-state index is 0.249. The predicted octanol–water partition coefficient (Wildman–Crippen LogP) is 1.04. The van der Waals surface area contributed by atoms with E-state index in [-0.39, 0.29) is 13.0 Å². The van der Waals surface area contributed by atoms with Crippen molar-refractivity contribution in [2.24, 2.45) is 0 Å². The summed E-state index contributed by atoms with van der Waals surface area (Å²) in [5.74, 6) is -0.442. The zero-order chi connectivity index (χ0) is 19.3. The van der Waals surface area contributed by atoms with Gasteiger partial charge in [-0.2, -0.15) is 0 Å². The van der Waals surface area contributed by atoms with Gasteiger partial charge in [0.15, 0.2) is 11.9 Å². The summed E-state index contributed by atoms with van der Waals surface area (Å²) in [5.41, 5.74) is -3.79. The zero-order valence-electron chi connectivity index (χ0n) is 14.9. The summed E-state index contributed by atoms with van der Waals surface area (Å²) in [6.45, 7) is 2.84. The molecule has 0 spiro atoms. The van der Waals surface area contributed by atoms with Crippen LogP contribution in [0.5, 0.6) is 0 Å². The van der Waals surface area contributed by atoms with Crippen molar-refractivity contribution in [3.05, 3.63) is 33.1 Å². The number of nitrogens with one attached hydrogen (secondary N) is 1.